The van der Waals surface area contributed by atoms with Crippen molar-refractivity contribution in [1.29, 1.82) is 0 Å². The Bertz CT molecular complexity index is 1240. The van der Waals surface area contributed by atoms with Gasteiger partial charge in [0.1, 0.15) is 0 Å². The first-order valence-corrected chi connectivity index (χ1v) is 13.3. The van der Waals surface area contributed by atoms with Gasteiger partial charge in [-0.15, -0.1) is 0 Å². The summed E-state index contributed by atoms with van der Waals surface area (Å²) in [7, 11) is 0. The van der Waals surface area contributed by atoms with Crippen LogP contribution in [0.5, 0.6) is 0 Å². The van der Waals surface area contributed by atoms with Crippen molar-refractivity contribution in [1.82, 2.24) is 15.5 Å². The number of ether oxygens (including phenoxy) is 1. The minimum Gasteiger partial charge on any atom is -0.385 e. The number of halogens is 3. The van der Waals surface area contributed by atoms with Crippen molar-refractivity contribution in [2.24, 2.45) is 0 Å². The molecule has 1 saturated heterocycles. The van der Waals surface area contributed by atoms with E-state index in [1.807, 2.05) is 19.1 Å². The van der Waals surface area contributed by atoms with Gasteiger partial charge < -0.3 is 20.5 Å². The fourth-order valence-electron chi connectivity index (χ4n) is 5.56. The molecular weight excluding hydrogens is 525 g/mol. The first kappa shape index (κ1) is 29.5. The van der Waals surface area contributed by atoms with Gasteiger partial charge >= 0.3 is 6.18 Å². The lowest BCUT2D eigenvalue weighted by atomic mass is 9.77. The number of carbonyl (C=O) groups excluding carboxylic acids is 2. The predicted molar refractivity (Wildman–Crippen MR) is 142 cm³/mol. The largest absolute Gasteiger partial charge is 0.416 e. The third-order valence-corrected chi connectivity index (χ3v) is 7.72. The highest BCUT2D eigenvalue weighted by atomic mass is 19.4. The highest BCUT2D eigenvalue weighted by molar-refractivity contribution is 5.96. The predicted octanol–water partition coefficient (Wildman–Crippen LogP) is 4.02. The number of rotatable bonds is 8. The van der Waals surface area contributed by atoms with E-state index in [1.54, 1.807) is 12.1 Å². The van der Waals surface area contributed by atoms with Crippen molar-refractivity contribution >= 4 is 17.5 Å². The molecule has 40 heavy (non-hydrogen) atoms. The van der Waals surface area contributed by atoms with E-state index < -0.39 is 29.2 Å². The summed E-state index contributed by atoms with van der Waals surface area (Å²) in [6, 6.07) is 11.0. The van der Waals surface area contributed by atoms with E-state index >= 15 is 0 Å². The molecule has 1 aliphatic heterocycles. The molecule has 4 rings (SSSR count). The lowest BCUT2D eigenvalue weighted by Gasteiger charge is -2.40. The van der Waals surface area contributed by atoms with Crippen LogP contribution in [0.2, 0.25) is 0 Å². The Morgan fingerprint density at radius 2 is 1.85 bits per heavy atom. The molecule has 11 heteroatoms. The molecular formula is C29H33F3N4O4. The zero-order valence-electron chi connectivity index (χ0n) is 22.2. The molecule has 0 bridgehead atoms. The topological polar surface area (TPSA) is 95.3 Å². The Hall–Kier alpha value is -3.46. The molecule has 0 spiro atoms. The van der Waals surface area contributed by atoms with E-state index in [2.05, 4.69) is 20.4 Å². The maximum Gasteiger partial charge on any atom is 0.416 e. The van der Waals surface area contributed by atoms with Gasteiger partial charge in [0, 0.05) is 31.3 Å². The SMILES string of the molecule is [C-]#[N+]c1ccc(C2(O)CCC(N3C[C@H](NC(=O)CNC(=O)c4cccc(C(F)(F)F)c4)[C@@H](OCC)C3)CC2)cc1. The van der Waals surface area contributed by atoms with E-state index in [4.69, 9.17) is 11.3 Å². The van der Waals surface area contributed by atoms with Gasteiger partial charge in [-0.2, -0.15) is 13.2 Å². The van der Waals surface area contributed by atoms with E-state index in [0.29, 0.717) is 38.2 Å². The zero-order valence-corrected chi connectivity index (χ0v) is 22.2. The molecule has 214 valence electrons. The summed E-state index contributed by atoms with van der Waals surface area (Å²) < 4.78 is 44.7. The van der Waals surface area contributed by atoms with Crippen LogP contribution in [0.3, 0.4) is 0 Å². The molecule has 2 aliphatic rings. The summed E-state index contributed by atoms with van der Waals surface area (Å²) >= 11 is 0. The van der Waals surface area contributed by atoms with Gasteiger partial charge in [0.25, 0.3) is 5.91 Å². The number of nitrogens with one attached hydrogen (secondary N) is 2. The lowest BCUT2D eigenvalue weighted by Crippen LogP contribution is -2.48. The average molecular weight is 559 g/mol. The van der Waals surface area contributed by atoms with E-state index in [1.165, 1.54) is 6.07 Å². The van der Waals surface area contributed by atoms with Crippen LogP contribution >= 0.6 is 0 Å². The van der Waals surface area contributed by atoms with Crippen LogP contribution in [0.25, 0.3) is 4.85 Å². The standard InChI is InChI=1S/C29H33F3N4O4/c1-3-40-25-18-36(23-11-13-28(39,14-12-23)20-7-9-22(33-2)10-8-20)17-24(25)35-26(37)16-34-27(38)19-5-4-6-21(15-19)29(30,31)32/h4-10,15,23-25,39H,3,11-14,16-18H2,1H3,(H,34,38)(H,35,37)/t23?,24-,25-,28?/m0/s1. The van der Waals surface area contributed by atoms with Crippen LogP contribution in [0.1, 0.15) is 54.1 Å². The number of aliphatic hydroxyl groups is 1. The molecule has 0 unspecified atom stereocenters. The normalized spacial score (nSPS) is 25.2. The van der Waals surface area contributed by atoms with Crippen molar-refractivity contribution in [2.75, 3.05) is 26.2 Å². The van der Waals surface area contributed by atoms with Gasteiger partial charge in [0.2, 0.25) is 5.91 Å². The summed E-state index contributed by atoms with van der Waals surface area (Å²) in [4.78, 5) is 30.7. The smallest absolute Gasteiger partial charge is 0.385 e. The van der Waals surface area contributed by atoms with Crippen LogP contribution in [0.15, 0.2) is 48.5 Å². The Kier molecular flexibility index (Phi) is 9.13. The quantitative estimate of drug-likeness (QED) is 0.426. The molecule has 2 aromatic rings. The molecule has 2 amide bonds. The fourth-order valence-corrected chi connectivity index (χ4v) is 5.56. The van der Waals surface area contributed by atoms with Crippen LogP contribution in [0, 0.1) is 6.57 Å². The van der Waals surface area contributed by atoms with Gasteiger partial charge in [-0.05, 0) is 56.4 Å². The van der Waals surface area contributed by atoms with Crippen LogP contribution < -0.4 is 10.6 Å². The Morgan fingerprint density at radius 1 is 1.15 bits per heavy atom. The Morgan fingerprint density at radius 3 is 2.48 bits per heavy atom. The molecule has 0 radical (unpaired) electrons. The van der Waals surface area contributed by atoms with Gasteiger partial charge in [-0.25, -0.2) is 4.85 Å². The van der Waals surface area contributed by atoms with Gasteiger partial charge in [0.15, 0.2) is 5.69 Å². The summed E-state index contributed by atoms with van der Waals surface area (Å²) in [6.45, 7) is 10.2. The summed E-state index contributed by atoms with van der Waals surface area (Å²) in [6.07, 6.45) is -2.17. The molecule has 3 N–H and O–H groups in total. The van der Waals surface area contributed by atoms with Crippen molar-refractivity contribution in [3.8, 4) is 0 Å². The number of amides is 2. The van der Waals surface area contributed by atoms with Crippen LogP contribution in [-0.2, 0) is 21.3 Å². The van der Waals surface area contributed by atoms with Gasteiger partial charge in [-0.1, -0.05) is 30.3 Å². The molecule has 0 aromatic heterocycles. The number of carbonyl (C=O) groups is 2. The van der Waals surface area contributed by atoms with Crippen molar-refractivity contribution in [2.45, 2.75) is 62.6 Å². The minimum absolute atomic E-state index is 0.179. The highest BCUT2D eigenvalue weighted by Crippen LogP contribution is 2.40. The van der Waals surface area contributed by atoms with Gasteiger partial charge in [-0.3, -0.25) is 14.5 Å². The number of hydrogen-bond acceptors (Lipinski definition) is 5. The van der Waals surface area contributed by atoms with Crippen molar-refractivity contribution in [3.05, 3.63) is 76.6 Å². The summed E-state index contributed by atoms with van der Waals surface area (Å²) in [5.41, 5.74) is -0.717. The number of benzene rings is 2. The van der Waals surface area contributed by atoms with Crippen LogP contribution in [-0.4, -0.2) is 66.2 Å². The number of hydrogen-bond donors (Lipinski definition) is 3. The molecule has 2 aromatic carbocycles. The first-order chi connectivity index (χ1) is 19.0. The van der Waals surface area contributed by atoms with Gasteiger partial charge in [0.05, 0.1) is 36.4 Å². The molecule has 8 nitrogen and oxygen atoms in total. The number of alkyl halides is 3. The molecule has 2 fully saturated rings. The second kappa shape index (κ2) is 12.4. The highest BCUT2D eigenvalue weighted by Gasteiger charge is 2.42. The lowest BCUT2D eigenvalue weighted by molar-refractivity contribution is -0.137. The molecule has 1 heterocycles. The van der Waals surface area contributed by atoms with Crippen molar-refractivity contribution < 1.29 is 32.6 Å². The van der Waals surface area contributed by atoms with Crippen molar-refractivity contribution in [3.63, 3.8) is 0 Å². The zero-order chi connectivity index (χ0) is 28.9. The fraction of sp³-hybridized carbons (Fsp3) is 0.483. The minimum atomic E-state index is -4.57. The molecule has 2 atom stereocenters. The number of nitrogens with zero attached hydrogens (tertiary/aromatic N) is 2. The number of likely N-dealkylation sites (tertiary alicyclic amines) is 1. The van der Waals surface area contributed by atoms with E-state index in [0.717, 1.165) is 36.6 Å². The summed E-state index contributed by atoms with van der Waals surface area (Å²) in [5, 5.41) is 16.5. The third-order valence-electron chi connectivity index (χ3n) is 7.72. The summed E-state index contributed by atoms with van der Waals surface area (Å²) in [5.74, 6) is -1.23. The molecule has 1 aliphatic carbocycles. The van der Waals surface area contributed by atoms with E-state index in [9.17, 15) is 27.9 Å². The maximum atomic E-state index is 12.9. The first-order valence-electron chi connectivity index (χ1n) is 13.3. The second-order valence-electron chi connectivity index (χ2n) is 10.3. The molecule has 1 saturated carbocycles. The Balaban J connectivity index is 1.30. The average Bonchev–Trinajstić information content (AvgIpc) is 3.33. The Labute approximate surface area is 231 Å². The third kappa shape index (κ3) is 6.99. The maximum absolute atomic E-state index is 12.9. The monoisotopic (exact) mass is 558 g/mol. The van der Waals surface area contributed by atoms with E-state index in [-0.39, 0.29) is 30.3 Å². The van der Waals surface area contributed by atoms with Crippen LogP contribution in [0.4, 0.5) is 18.9 Å². The second-order valence-corrected chi connectivity index (χ2v) is 10.3.